The number of rotatable bonds is 4. The van der Waals surface area contributed by atoms with Gasteiger partial charge in [-0.3, -0.25) is 0 Å². The van der Waals surface area contributed by atoms with E-state index in [0.717, 1.165) is 25.3 Å². The lowest BCUT2D eigenvalue weighted by Gasteiger charge is -2.14. The largest absolute Gasteiger partial charge is 0.489 e. The van der Waals surface area contributed by atoms with Crippen LogP contribution in [0, 0.1) is 0 Å². The molecule has 1 aromatic carbocycles. The fourth-order valence-electron chi connectivity index (χ4n) is 2.03. The smallest absolute Gasteiger partial charge is 0.119 e. The standard InChI is InChI=1S/C14H21NO/c1-3-11(2)12-4-6-13(7-5-12)16-14-8-9-15-10-14/h4-7,11,14-15H,3,8-10H2,1-2H3/t11?,14-/m0/s1. The molecule has 1 N–H and O–H groups in total. The Labute approximate surface area is 98.0 Å². The third-order valence-electron chi connectivity index (χ3n) is 3.38. The van der Waals surface area contributed by atoms with Gasteiger partial charge in [0, 0.05) is 6.54 Å². The maximum absolute atomic E-state index is 5.88. The monoisotopic (exact) mass is 219 g/mol. The summed E-state index contributed by atoms with van der Waals surface area (Å²) in [5, 5.41) is 3.31. The number of hydrogen-bond acceptors (Lipinski definition) is 2. The van der Waals surface area contributed by atoms with E-state index in [1.54, 1.807) is 0 Å². The van der Waals surface area contributed by atoms with Gasteiger partial charge < -0.3 is 10.1 Å². The second-order valence-electron chi connectivity index (χ2n) is 4.61. The lowest BCUT2D eigenvalue weighted by atomic mass is 9.99. The minimum atomic E-state index is 0.356. The molecule has 2 heteroatoms. The van der Waals surface area contributed by atoms with Crippen molar-refractivity contribution in [3.8, 4) is 5.75 Å². The summed E-state index contributed by atoms with van der Waals surface area (Å²) in [4.78, 5) is 0. The van der Waals surface area contributed by atoms with Crippen LogP contribution in [-0.2, 0) is 0 Å². The van der Waals surface area contributed by atoms with Crippen molar-refractivity contribution in [1.29, 1.82) is 0 Å². The zero-order valence-electron chi connectivity index (χ0n) is 10.2. The third kappa shape index (κ3) is 2.76. The summed E-state index contributed by atoms with van der Waals surface area (Å²) in [5.41, 5.74) is 1.40. The molecule has 0 bridgehead atoms. The Hall–Kier alpha value is -1.02. The van der Waals surface area contributed by atoms with Gasteiger partial charge in [-0.05, 0) is 43.0 Å². The van der Waals surface area contributed by atoms with Gasteiger partial charge in [0.1, 0.15) is 11.9 Å². The van der Waals surface area contributed by atoms with Gasteiger partial charge in [0.25, 0.3) is 0 Å². The van der Waals surface area contributed by atoms with Gasteiger partial charge >= 0.3 is 0 Å². The molecule has 0 amide bonds. The zero-order chi connectivity index (χ0) is 11.4. The minimum Gasteiger partial charge on any atom is -0.489 e. The number of benzene rings is 1. The van der Waals surface area contributed by atoms with Crippen molar-refractivity contribution in [2.24, 2.45) is 0 Å². The molecule has 1 heterocycles. The summed E-state index contributed by atoms with van der Waals surface area (Å²) in [6.45, 7) is 6.54. The number of hydrogen-bond donors (Lipinski definition) is 1. The molecule has 1 saturated heterocycles. The van der Waals surface area contributed by atoms with Crippen LogP contribution < -0.4 is 10.1 Å². The van der Waals surface area contributed by atoms with Gasteiger partial charge in [-0.15, -0.1) is 0 Å². The topological polar surface area (TPSA) is 21.3 Å². The zero-order valence-corrected chi connectivity index (χ0v) is 10.2. The highest BCUT2D eigenvalue weighted by Crippen LogP contribution is 2.22. The van der Waals surface area contributed by atoms with E-state index >= 15 is 0 Å². The first kappa shape index (κ1) is 11.5. The molecule has 2 nitrogen and oxygen atoms in total. The molecule has 1 unspecified atom stereocenters. The van der Waals surface area contributed by atoms with Crippen LogP contribution in [0.25, 0.3) is 0 Å². The van der Waals surface area contributed by atoms with Crippen molar-refractivity contribution >= 4 is 0 Å². The van der Waals surface area contributed by atoms with E-state index in [0.29, 0.717) is 12.0 Å². The van der Waals surface area contributed by atoms with Crippen LogP contribution in [0.5, 0.6) is 5.75 Å². The van der Waals surface area contributed by atoms with E-state index in [9.17, 15) is 0 Å². The first-order valence-electron chi connectivity index (χ1n) is 6.27. The van der Waals surface area contributed by atoms with Gasteiger partial charge in [0.05, 0.1) is 0 Å². The predicted molar refractivity (Wildman–Crippen MR) is 67.1 cm³/mol. The van der Waals surface area contributed by atoms with Crippen LogP contribution in [0.15, 0.2) is 24.3 Å². The molecule has 0 spiro atoms. The normalized spacial score (nSPS) is 22.0. The highest BCUT2D eigenvalue weighted by atomic mass is 16.5. The van der Waals surface area contributed by atoms with Crippen LogP contribution in [0.2, 0.25) is 0 Å². The molecule has 1 aliphatic rings. The van der Waals surface area contributed by atoms with Crippen LogP contribution in [0.1, 0.15) is 38.2 Å². The second-order valence-corrected chi connectivity index (χ2v) is 4.61. The van der Waals surface area contributed by atoms with E-state index in [2.05, 4.69) is 43.4 Å². The molecule has 0 aliphatic carbocycles. The summed E-state index contributed by atoms with van der Waals surface area (Å²) in [5.74, 6) is 1.64. The van der Waals surface area contributed by atoms with E-state index < -0.39 is 0 Å². The Morgan fingerprint density at radius 2 is 2.12 bits per heavy atom. The van der Waals surface area contributed by atoms with Crippen molar-refractivity contribution in [2.75, 3.05) is 13.1 Å². The average molecular weight is 219 g/mol. The Morgan fingerprint density at radius 1 is 1.38 bits per heavy atom. The summed E-state index contributed by atoms with van der Waals surface area (Å²) in [6.07, 6.45) is 2.66. The molecular weight excluding hydrogens is 198 g/mol. The molecule has 2 rings (SSSR count). The lowest BCUT2D eigenvalue weighted by Crippen LogP contribution is -2.19. The molecule has 1 aromatic rings. The van der Waals surface area contributed by atoms with Gasteiger partial charge in [0.15, 0.2) is 0 Å². The Bertz CT molecular complexity index is 314. The highest BCUT2D eigenvalue weighted by molar-refractivity contribution is 5.29. The van der Waals surface area contributed by atoms with E-state index in [1.165, 1.54) is 12.0 Å². The number of nitrogens with one attached hydrogen (secondary N) is 1. The quantitative estimate of drug-likeness (QED) is 0.840. The van der Waals surface area contributed by atoms with Crippen LogP contribution in [-0.4, -0.2) is 19.2 Å². The van der Waals surface area contributed by atoms with E-state index in [-0.39, 0.29) is 0 Å². The van der Waals surface area contributed by atoms with Crippen molar-refractivity contribution in [3.63, 3.8) is 0 Å². The van der Waals surface area contributed by atoms with Crippen molar-refractivity contribution in [2.45, 2.75) is 38.7 Å². The minimum absolute atomic E-state index is 0.356. The first-order chi connectivity index (χ1) is 7.79. The summed E-state index contributed by atoms with van der Waals surface area (Å²) < 4.78 is 5.88. The van der Waals surface area contributed by atoms with Crippen LogP contribution in [0.3, 0.4) is 0 Å². The summed E-state index contributed by atoms with van der Waals surface area (Å²) >= 11 is 0. The van der Waals surface area contributed by atoms with Crippen molar-refractivity contribution in [3.05, 3.63) is 29.8 Å². The lowest BCUT2D eigenvalue weighted by molar-refractivity contribution is 0.223. The van der Waals surface area contributed by atoms with Gasteiger partial charge in [-0.1, -0.05) is 26.0 Å². The molecule has 1 aliphatic heterocycles. The molecule has 1 fully saturated rings. The maximum Gasteiger partial charge on any atom is 0.119 e. The molecule has 0 radical (unpaired) electrons. The van der Waals surface area contributed by atoms with E-state index in [4.69, 9.17) is 4.74 Å². The molecule has 2 atom stereocenters. The Morgan fingerprint density at radius 3 is 2.69 bits per heavy atom. The third-order valence-corrected chi connectivity index (χ3v) is 3.38. The SMILES string of the molecule is CCC(C)c1ccc(O[C@H]2CCNC2)cc1. The predicted octanol–water partition coefficient (Wildman–Crippen LogP) is 2.94. The number of ether oxygens (including phenoxy) is 1. The van der Waals surface area contributed by atoms with Crippen LogP contribution >= 0.6 is 0 Å². The molecule has 0 saturated carbocycles. The second kappa shape index (κ2) is 5.35. The van der Waals surface area contributed by atoms with Gasteiger partial charge in [-0.25, -0.2) is 0 Å². The molecular formula is C14H21NO. The maximum atomic E-state index is 5.88. The molecule has 0 aromatic heterocycles. The van der Waals surface area contributed by atoms with Crippen molar-refractivity contribution in [1.82, 2.24) is 5.32 Å². The first-order valence-corrected chi connectivity index (χ1v) is 6.27. The average Bonchev–Trinajstić information content (AvgIpc) is 2.82. The highest BCUT2D eigenvalue weighted by Gasteiger charge is 2.15. The summed E-state index contributed by atoms with van der Waals surface area (Å²) in [6, 6.07) is 8.57. The van der Waals surface area contributed by atoms with Gasteiger partial charge in [-0.2, -0.15) is 0 Å². The molecule has 16 heavy (non-hydrogen) atoms. The van der Waals surface area contributed by atoms with Crippen molar-refractivity contribution < 1.29 is 4.74 Å². The Balaban J connectivity index is 1.96. The fraction of sp³-hybridized carbons (Fsp3) is 0.571. The van der Waals surface area contributed by atoms with E-state index in [1.807, 2.05) is 0 Å². The molecule has 88 valence electrons. The Kier molecular flexibility index (Phi) is 3.83. The van der Waals surface area contributed by atoms with Crippen LogP contribution in [0.4, 0.5) is 0 Å². The van der Waals surface area contributed by atoms with Gasteiger partial charge in [0.2, 0.25) is 0 Å². The summed E-state index contributed by atoms with van der Waals surface area (Å²) in [7, 11) is 0. The fourth-order valence-corrected chi connectivity index (χ4v) is 2.03.